The monoisotopic (exact) mass is 238 g/mol. The molecule has 0 unspecified atom stereocenters. The van der Waals surface area contributed by atoms with E-state index in [2.05, 4.69) is 72.8 Å². The largest absolute Gasteiger partial charge is 0.298 e. The number of benzene rings is 2. The summed E-state index contributed by atoms with van der Waals surface area (Å²) in [5.41, 5.74) is 5.84. The molecule has 0 bridgehead atoms. The summed E-state index contributed by atoms with van der Waals surface area (Å²) in [7, 11) is 1.98. The molecule has 0 aliphatic carbocycles. The van der Waals surface area contributed by atoms with Crippen molar-refractivity contribution in [2.24, 2.45) is 0 Å². The fourth-order valence-corrected chi connectivity index (χ4v) is 2.71. The molecular formula is C16H18N2. The summed E-state index contributed by atoms with van der Waals surface area (Å²) in [6.45, 7) is 4.43. The molecule has 0 amide bonds. The van der Waals surface area contributed by atoms with Crippen molar-refractivity contribution in [1.29, 1.82) is 0 Å². The van der Waals surface area contributed by atoms with Crippen LogP contribution in [0.3, 0.4) is 0 Å². The average Bonchev–Trinajstić information content (AvgIpc) is 2.37. The van der Waals surface area contributed by atoms with E-state index in [4.69, 9.17) is 0 Å². The summed E-state index contributed by atoms with van der Waals surface area (Å²) < 4.78 is 0. The number of hydrogen-bond donors (Lipinski definition) is 1. The second kappa shape index (κ2) is 3.85. The molecular weight excluding hydrogens is 220 g/mol. The topological polar surface area (TPSA) is 15.3 Å². The van der Waals surface area contributed by atoms with Crippen molar-refractivity contribution in [3.8, 4) is 0 Å². The summed E-state index contributed by atoms with van der Waals surface area (Å²) >= 11 is 0. The first kappa shape index (κ1) is 11.3. The Kier molecular flexibility index (Phi) is 2.42. The van der Waals surface area contributed by atoms with Crippen molar-refractivity contribution in [3.05, 3.63) is 48.0 Å². The van der Waals surface area contributed by atoms with Crippen molar-refractivity contribution in [2.45, 2.75) is 19.4 Å². The Morgan fingerprint density at radius 2 is 1.83 bits per heavy atom. The van der Waals surface area contributed by atoms with E-state index in [0.29, 0.717) is 0 Å². The lowest BCUT2D eigenvalue weighted by Gasteiger charge is -2.41. The van der Waals surface area contributed by atoms with Gasteiger partial charge in [-0.15, -0.1) is 0 Å². The van der Waals surface area contributed by atoms with E-state index in [9.17, 15) is 0 Å². The van der Waals surface area contributed by atoms with Crippen molar-refractivity contribution in [3.63, 3.8) is 0 Å². The van der Waals surface area contributed by atoms with Gasteiger partial charge in [-0.25, -0.2) is 5.43 Å². The van der Waals surface area contributed by atoms with E-state index in [-0.39, 0.29) is 5.54 Å². The van der Waals surface area contributed by atoms with Crippen LogP contribution in [0.25, 0.3) is 16.8 Å². The highest BCUT2D eigenvalue weighted by atomic mass is 15.5. The molecule has 0 atom stereocenters. The molecule has 0 fully saturated rings. The van der Waals surface area contributed by atoms with Crippen LogP contribution in [-0.4, -0.2) is 12.6 Å². The SMILES string of the molecule is CNN1c2c(ccc3ccccc23)C=CC1(C)C. The molecule has 3 rings (SSSR count). The molecule has 1 aliphatic heterocycles. The van der Waals surface area contributed by atoms with Gasteiger partial charge in [0.1, 0.15) is 0 Å². The molecule has 2 aromatic carbocycles. The van der Waals surface area contributed by atoms with E-state index < -0.39 is 0 Å². The van der Waals surface area contributed by atoms with Gasteiger partial charge in [0, 0.05) is 12.4 Å². The Morgan fingerprint density at radius 3 is 2.61 bits per heavy atom. The van der Waals surface area contributed by atoms with Crippen molar-refractivity contribution < 1.29 is 0 Å². The Morgan fingerprint density at radius 1 is 1.06 bits per heavy atom. The van der Waals surface area contributed by atoms with Crippen LogP contribution in [0.15, 0.2) is 42.5 Å². The maximum absolute atomic E-state index is 3.32. The quantitative estimate of drug-likeness (QED) is 0.816. The molecule has 2 aromatic rings. The minimum Gasteiger partial charge on any atom is -0.298 e. The van der Waals surface area contributed by atoms with Crippen LogP contribution in [-0.2, 0) is 0 Å². The molecule has 18 heavy (non-hydrogen) atoms. The lowest BCUT2D eigenvalue weighted by atomic mass is 9.93. The molecule has 0 saturated carbocycles. The molecule has 1 aliphatic rings. The standard InChI is InChI=1S/C16H18N2/c1-16(2)11-10-13-9-8-12-6-4-5-7-14(12)15(13)18(16)17-3/h4-11,17H,1-3H3. The van der Waals surface area contributed by atoms with Crippen LogP contribution < -0.4 is 10.4 Å². The third-order valence-corrected chi connectivity index (χ3v) is 3.63. The molecule has 92 valence electrons. The first-order valence-corrected chi connectivity index (χ1v) is 6.32. The minimum atomic E-state index is -0.0219. The Labute approximate surface area is 108 Å². The van der Waals surface area contributed by atoms with E-state index >= 15 is 0 Å². The highest BCUT2D eigenvalue weighted by molar-refractivity contribution is 5.99. The Hall–Kier alpha value is -1.80. The van der Waals surface area contributed by atoms with Crippen molar-refractivity contribution >= 4 is 22.5 Å². The van der Waals surface area contributed by atoms with E-state index in [0.717, 1.165) is 0 Å². The fourth-order valence-electron chi connectivity index (χ4n) is 2.71. The summed E-state index contributed by atoms with van der Waals surface area (Å²) in [6, 6.07) is 12.9. The minimum absolute atomic E-state index is 0.0219. The molecule has 1 heterocycles. The van der Waals surface area contributed by atoms with Crippen LogP contribution in [0.2, 0.25) is 0 Å². The number of rotatable bonds is 1. The van der Waals surface area contributed by atoms with Gasteiger partial charge in [-0.3, -0.25) is 5.01 Å². The first-order chi connectivity index (χ1) is 8.63. The number of hydrogen-bond acceptors (Lipinski definition) is 2. The van der Waals surface area contributed by atoms with Gasteiger partial charge in [-0.1, -0.05) is 48.6 Å². The van der Waals surface area contributed by atoms with Gasteiger partial charge in [0.05, 0.1) is 11.2 Å². The second-order valence-electron chi connectivity index (χ2n) is 5.27. The van der Waals surface area contributed by atoms with Crippen LogP contribution in [0.4, 0.5) is 5.69 Å². The highest BCUT2D eigenvalue weighted by Gasteiger charge is 2.29. The lowest BCUT2D eigenvalue weighted by Crippen LogP contribution is -2.51. The van der Waals surface area contributed by atoms with E-state index in [1.807, 2.05) is 7.05 Å². The van der Waals surface area contributed by atoms with Crippen LogP contribution in [0.5, 0.6) is 0 Å². The van der Waals surface area contributed by atoms with Gasteiger partial charge in [0.2, 0.25) is 0 Å². The summed E-state index contributed by atoms with van der Waals surface area (Å²) in [4.78, 5) is 0. The third kappa shape index (κ3) is 1.53. The Balaban J connectivity index is 2.35. The zero-order valence-corrected chi connectivity index (χ0v) is 11.1. The molecule has 1 N–H and O–H groups in total. The smallest absolute Gasteiger partial charge is 0.0690 e. The molecule has 0 aromatic heterocycles. The Bertz CT molecular complexity index is 626. The number of fused-ring (bicyclic) bond motifs is 3. The average molecular weight is 238 g/mol. The van der Waals surface area contributed by atoms with Gasteiger partial charge in [0.15, 0.2) is 0 Å². The summed E-state index contributed by atoms with van der Waals surface area (Å²) in [5.74, 6) is 0. The van der Waals surface area contributed by atoms with Gasteiger partial charge in [-0.2, -0.15) is 0 Å². The van der Waals surface area contributed by atoms with Crippen LogP contribution in [0, 0.1) is 0 Å². The van der Waals surface area contributed by atoms with Crippen LogP contribution >= 0.6 is 0 Å². The maximum atomic E-state index is 3.32. The highest BCUT2D eigenvalue weighted by Crippen LogP contribution is 2.38. The number of nitrogens with one attached hydrogen (secondary N) is 1. The van der Waals surface area contributed by atoms with Crippen molar-refractivity contribution in [1.82, 2.24) is 5.43 Å². The predicted molar refractivity (Wildman–Crippen MR) is 78.6 cm³/mol. The second-order valence-corrected chi connectivity index (χ2v) is 5.27. The van der Waals surface area contributed by atoms with Gasteiger partial charge in [0.25, 0.3) is 0 Å². The van der Waals surface area contributed by atoms with Gasteiger partial charge in [-0.05, 0) is 24.8 Å². The zero-order valence-electron chi connectivity index (χ0n) is 11.1. The summed E-state index contributed by atoms with van der Waals surface area (Å²) in [6.07, 6.45) is 4.45. The lowest BCUT2D eigenvalue weighted by molar-refractivity contribution is 0.510. The van der Waals surface area contributed by atoms with Crippen LogP contribution in [0.1, 0.15) is 19.4 Å². The molecule has 0 spiro atoms. The maximum Gasteiger partial charge on any atom is 0.0690 e. The van der Waals surface area contributed by atoms with Crippen molar-refractivity contribution in [2.75, 3.05) is 12.1 Å². The number of hydrazine groups is 1. The summed E-state index contributed by atoms with van der Waals surface area (Å²) in [5, 5.41) is 4.81. The molecule has 0 saturated heterocycles. The molecule has 0 radical (unpaired) electrons. The molecule has 2 nitrogen and oxygen atoms in total. The predicted octanol–water partition coefficient (Wildman–Crippen LogP) is 3.59. The van der Waals surface area contributed by atoms with E-state index in [1.54, 1.807) is 0 Å². The first-order valence-electron chi connectivity index (χ1n) is 6.32. The number of anilines is 1. The third-order valence-electron chi connectivity index (χ3n) is 3.63. The number of nitrogens with zero attached hydrogens (tertiary/aromatic N) is 1. The van der Waals surface area contributed by atoms with Gasteiger partial charge >= 0.3 is 0 Å². The molecule has 2 heteroatoms. The fraction of sp³-hybridized carbons (Fsp3) is 0.250. The van der Waals surface area contributed by atoms with Gasteiger partial charge < -0.3 is 0 Å². The van der Waals surface area contributed by atoms with E-state index in [1.165, 1.54) is 22.0 Å². The zero-order chi connectivity index (χ0) is 12.8. The normalized spacial score (nSPS) is 16.9.